The van der Waals surface area contributed by atoms with E-state index in [-0.39, 0.29) is 0 Å². The molecule has 0 spiro atoms. The quantitative estimate of drug-likeness (QED) is 0.519. The summed E-state index contributed by atoms with van der Waals surface area (Å²) in [4.78, 5) is 12.6. The van der Waals surface area contributed by atoms with Crippen LogP contribution in [0.3, 0.4) is 0 Å². The topological polar surface area (TPSA) is 50.8 Å². The SMILES string of the molecule is CCC(CC)COc1c(C)cnc(CSc2nc3ccccc3[nH]2)c1C. The fraction of sp³-hybridized carbons (Fsp3) is 0.429. The zero-order valence-corrected chi connectivity index (χ0v) is 16.8. The number of hydrogen-bond donors (Lipinski definition) is 1. The van der Waals surface area contributed by atoms with Gasteiger partial charge in [-0.2, -0.15) is 0 Å². The molecule has 0 aliphatic rings. The second kappa shape index (κ2) is 8.58. The maximum Gasteiger partial charge on any atom is 0.166 e. The van der Waals surface area contributed by atoms with Crippen molar-refractivity contribution in [3.63, 3.8) is 0 Å². The molecule has 0 unspecified atom stereocenters. The van der Waals surface area contributed by atoms with E-state index in [4.69, 9.17) is 4.74 Å². The molecule has 26 heavy (non-hydrogen) atoms. The Hall–Kier alpha value is -2.01. The Balaban J connectivity index is 1.72. The van der Waals surface area contributed by atoms with E-state index in [1.54, 1.807) is 11.8 Å². The first-order chi connectivity index (χ1) is 12.6. The molecule has 0 aliphatic carbocycles. The zero-order valence-electron chi connectivity index (χ0n) is 16.0. The summed E-state index contributed by atoms with van der Waals surface area (Å²) < 4.78 is 6.18. The van der Waals surface area contributed by atoms with Crippen LogP contribution >= 0.6 is 11.8 Å². The second-order valence-corrected chi connectivity index (χ2v) is 7.65. The minimum absolute atomic E-state index is 0.607. The lowest BCUT2D eigenvalue weighted by atomic mass is 10.1. The number of para-hydroxylation sites is 2. The Morgan fingerprint density at radius 2 is 1.92 bits per heavy atom. The predicted octanol–water partition coefficient (Wildman–Crippen LogP) is 5.68. The van der Waals surface area contributed by atoms with Gasteiger partial charge in [0.25, 0.3) is 0 Å². The Bertz CT molecular complexity index is 838. The molecule has 1 aromatic carbocycles. The molecule has 5 heteroatoms. The van der Waals surface area contributed by atoms with Gasteiger partial charge in [-0.1, -0.05) is 50.6 Å². The van der Waals surface area contributed by atoms with Gasteiger partial charge in [-0.25, -0.2) is 4.98 Å². The van der Waals surface area contributed by atoms with Crippen LogP contribution in [0, 0.1) is 19.8 Å². The van der Waals surface area contributed by atoms with Crippen molar-refractivity contribution in [2.24, 2.45) is 5.92 Å². The van der Waals surface area contributed by atoms with Gasteiger partial charge in [0.05, 0.1) is 23.3 Å². The molecule has 1 N–H and O–H groups in total. The van der Waals surface area contributed by atoms with E-state index in [0.29, 0.717) is 5.92 Å². The number of H-pyrrole nitrogens is 1. The summed E-state index contributed by atoms with van der Waals surface area (Å²) >= 11 is 1.68. The van der Waals surface area contributed by atoms with E-state index in [1.165, 1.54) is 0 Å². The average Bonchev–Trinajstić information content (AvgIpc) is 3.07. The lowest BCUT2D eigenvalue weighted by molar-refractivity contribution is 0.237. The molecule has 3 aromatic rings. The van der Waals surface area contributed by atoms with E-state index >= 15 is 0 Å². The van der Waals surface area contributed by atoms with Crippen LogP contribution < -0.4 is 4.74 Å². The summed E-state index contributed by atoms with van der Waals surface area (Å²) in [5.74, 6) is 2.37. The molecule has 0 saturated heterocycles. The van der Waals surface area contributed by atoms with Crippen molar-refractivity contribution in [1.29, 1.82) is 0 Å². The number of pyridine rings is 1. The highest BCUT2D eigenvalue weighted by molar-refractivity contribution is 7.98. The molecule has 3 rings (SSSR count). The number of nitrogens with zero attached hydrogens (tertiary/aromatic N) is 2. The Kier molecular flexibility index (Phi) is 6.20. The highest BCUT2D eigenvalue weighted by Gasteiger charge is 2.13. The van der Waals surface area contributed by atoms with Crippen LogP contribution in [-0.4, -0.2) is 21.6 Å². The number of nitrogens with one attached hydrogen (secondary N) is 1. The zero-order chi connectivity index (χ0) is 18.5. The molecule has 0 saturated carbocycles. The monoisotopic (exact) mass is 369 g/mol. The molecule has 4 nitrogen and oxygen atoms in total. The van der Waals surface area contributed by atoms with E-state index in [2.05, 4.69) is 42.6 Å². The maximum atomic E-state index is 6.18. The van der Waals surface area contributed by atoms with Gasteiger partial charge in [-0.15, -0.1) is 0 Å². The summed E-state index contributed by atoms with van der Waals surface area (Å²) in [6.45, 7) is 9.39. The maximum absolute atomic E-state index is 6.18. The number of benzene rings is 1. The van der Waals surface area contributed by atoms with Crippen molar-refractivity contribution < 1.29 is 4.74 Å². The molecular formula is C21H27N3OS. The van der Waals surface area contributed by atoms with Crippen molar-refractivity contribution in [2.45, 2.75) is 51.4 Å². The number of aryl methyl sites for hydroxylation is 1. The van der Waals surface area contributed by atoms with Gasteiger partial charge in [-0.3, -0.25) is 4.98 Å². The van der Waals surface area contributed by atoms with Crippen LogP contribution in [-0.2, 0) is 5.75 Å². The molecule has 0 bridgehead atoms. The van der Waals surface area contributed by atoms with Crippen LogP contribution in [0.2, 0.25) is 0 Å². The van der Waals surface area contributed by atoms with E-state index < -0.39 is 0 Å². The molecule has 0 atom stereocenters. The van der Waals surface area contributed by atoms with Gasteiger partial charge in [0, 0.05) is 23.1 Å². The molecular weight excluding hydrogens is 342 g/mol. The van der Waals surface area contributed by atoms with Gasteiger partial charge >= 0.3 is 0 Å². The molecule has 0 amide bonds. The minimum atomic E-state index is 0.607. The largest absolute Gasteiger partial charge is 0.493 e. The lowest BCUT2D eigenvalue weighted by Crippen LogP contribution is -2.12. The fourth-order valence-corrected chi connectivity index (χ4v) is 3.89. The van der Waals surface area contributed by atoms with Crippen molar-refractivity contribution >= 4 is 22.8 Å². The van der Waals surface area contributed by atoms with E-state index in [0.717, 1.165) is 64.0 Å². The average molecular weight is 370 g/mol. The third-order valence-electron chi connectivity index (χ3n) is 4.88. The van der Waals surface area contributed by atoms with Gasteiger partial charge < -0.3 is 9.72 Å². The first kappa shape index (κ1) is 18.8. The molecule has 2 heterocycles. The predicted molar refractivity (Wildman–Crippen MR) is 109 cm³/mol. The van der Waals surface area contributed by atoms with Crippen molar-refractivity contribution in [3.8, 4) is 5.75 Å². The summed E-state index contributed by atoms with van der Waals surface area (Å²) in [5.41, 5.74) is 5.36. The molecule has 0 radical (unpaired) electrons. The fourth-order valence-electron chi connectivity index (χ4n) is 2.98. The number of thioether (sulfide) groups is 1. The molecule has 0 aliphatic heterocycles. The van der Waals surface area contributed by atoms with Crippen LogP contribution in [0.5, 0.6) is 5.75 Å². The Morgan fingerprint density at radius 3 is 2.65 bits per heavy atom. The highest BCUT2D eigenvalue weighted by atomic mass is 32.2. The summed E-state index contributed by atoms with van der Waals surface area (Å²) in [7, 11) is 0. The van der Waals surface area contributed by atoms with Crippen molar-refractivity contribution in [3.05, 3.63) is 47.3 Å². The van der Waals surface area contributed by atoms with Crippen LogP contribution in [0.4, 0.5) is 0 Å². The summed E-state index contributed by atoms with van der Waals surface area (Å²) in [6, 6.07) is 8.09. The third-order valence-corrected chi connectivity index (χ3v) is 5.76. The number of hydrogen-bond acceptors (Lipinski definition) is 4. The number of aromatic amines is 1. The number of fused-ring (bicyclic) bond motifs is 1. The van der Waals surface area contributed by atoms with Gasteiger partial charge in [0.2, 0.25) is 0 Å². The Morgan fingerprint density at radius 1 is 1.15 bits per heavy atom. The minimum Gasteiger partial charge on any atom is -0.493 e. The Labute approximate surface area is 159 Å². The first-order valence-electron chi connectivity index (χ1n) is 9.27. The second-order valence-electron chi connectivity index (χ2n) is 6.68. The van der Waals surface area contributed by atoms with Gasteiger partial charge in [0.1, 0.15) is 5.75 Å². The number of rotatable bonds is 8. The van der Waals surface area contributed by atoms with Crippen molar-refractivity contribution in [2.75, 3.05) is 6.61 Å². The van der Waals surface area contributed by atoms with Crippen molar-refractivity contribution in [1.82, 2.24) is 15.0 Å². The van der Waals surface area contributed by atoms with Gasteiger partial charge in [0.15, 0.2) is 5.16 Å². The van der Waals surface area contributed by atoms with Crippen LogP contribution in [0.1, 0.15) is 43.5 Å². The standard InChI is InChI=1S/C21H27N3OS/c1-5-16(6-2)12-25-20-14(3)11-22-19(15(20)4)13-26-21-23-17-9-7-8-10-18(17)24-21/h7-11,16H,5-6,12-13H2,1-4H3,(H,23,24). The number of imidazole rings is 1. The lowest BCUT2D eigenvalue weighted by Gasteiger charge is -2.18. The van der Waals surface area contributed by atoms with Crippen LogP contribution in [0.25, 0.3) is 11.0 Å². The van der Waals surface area contributed by atoms with E-state index in [9.17, 15) is 0 Å². The number of aromatic nitrogens is 3. The number of ether oxygens (including phenoxy) is 1. The molecule has 138 valence electrons. The smallest absolute Gasteiger partial charge is 0.166 e. The molecule has 0 fully saturated rings. The third kappa shape index (κ3) is 4.21. The summed E-state index contributed by atoms with van der Waals surface area (Å²) in [6.07, 6.45) is 4.21. The first-order valence-corrected chi connectivity index (χ1v) is 10.3. The summed E-state index contributed by atoms with van der Waals surface area (Å²) in [5, 5.41) is 0.924. The van der Waals surface area contributed by atoms with Gasteiger partial charge in [-0.05, 0) is 31.9 Å². The molecule has 2 aromatic heterocycles. The van der Waals surface area contributed by atoms with Crippen LogP contribution in [0.15, 0.2) is 35.6 Å². The normalized spacial score (nSPS) is 11.4. The van der Waals surface area contributed by atoms with E-state index in [1.807, 2.05) is 30.5 Å². The highest BCUT2D eigenvalue weighted by Crippen LogP contribution is 2.30.